The second-order valence-corrected chi connectivity index (χ2v) is 5.88. The van der Waals surface area contributed by atoms with Gasteiger partial charge in [0, 0.05) is 24.7 Å². The van der Waals surface area contributed by atoms with Gasteiger partial charge in [-0.1, -0.05) is 23.7 Å². The monoisotopic (exact) mass is 327 g/mol. The SMILES string of the molecule is O=C(Nc1ccccc1Cl)N1CCc2c(cnc3[nH]ncc23)C1. The first-order valence-corrected chi connectivity index (χ1v) is 7.70. The molecule has 3 heterocycles. The van der Waals surface area contributed by atoms with E-state index in [1.807, 2.05) is 18.3 Å². The Morgan fingerprint density at radius 3 is 3.04 bits per heavy atom. The summed E-state index contributed by atoms with van der Waals surface area (Å²) in [5.41, 5.74) is 3.68. The summed E-state index contributed by atoms with van der Waals surface area (Å²) in [6.07, 6.45) is 4.38. The fraction of sp³-hybridized carbons (Fsp3) is 0.188. The number of hydrogen-bond acceptors (Lipinski definition) is 3. The number of para-hydroxylation sites is 1. The Kier molecular flexibility index (Phi) is 3.38. The number of rotatable bonds is 1. The zero-order valence-corrected chi connectivity index (χ0v) is 13.0. The van der Waals surface area contributed by atoms with Crippen LogP contribution in [-0.2, 0) is 13.0 Å². The molecule has 0 fully saturated rings. The third-order valence-corrected chi connectivity index (χ3v) is 4.41. The predicted octanol–water partition coefficient (Wildman–Crippen LogP) is 3.20. The Balaban J connectivity index is 1.56. The molecule has 7 heteroatoms. The van der Waals surface area contributed by atoms with Gasteiger partial charge in [0.1, 0.15) is 0 Å². The minimum Gasteiger partial charge on any atom is -0.320 e. The van der Waals surface area contributed by atoms with Gasteiger partial charge in [0.15, 0.2) is 5.65 Å². The normalized spacial score (nSPS) is 13.9. The third-order valence-electron chi connectivity index (χ3n) is 4.08. The van der Waals surface area contributed by atoms with Crippen LogP contribution in [0, 0.1) is 0 Å². The van der Waals surface area contributed by atoms with Crippen LogP contribution < -0.4 is 5.32 Å². The van der Waals surface area contributed by atoms with Gasteiger partial charge in [-0.05, 0) is 29.7 Å². The van der Waals surface area contributed by atoms with Crippen LogP contribution in [0.4, 0.5) is 10.5 Å². The average molecular weight is 328 g/mol. The molecule has 4 rings (SSSR count). The van der Waals surface area contributed by atoms with Crippen LogP contribution >= 0.6 is 11.6 Å². The molecule has 0 spiro atoms. The highest BCUT2D eigenvalue weighted by Crippen LogP contribution is 2.26. The number of aromatic nitrogens is 3. The van der Waals surface area contributed by atoms with E-state index in [9.17, 15) is 4.79 Å². The molecular formula is C16H14ClN5O. The van der Waals surface area contributed by atoms with E-state index in [2.05, 4.69) is 20.5 Å². The highest BCUT2D eigenvalue weighted by atomic mass is 35.5. The highest BCUT2D eigenvalue weighted by Gasteiger charge is 2.23. The van der Waals surface area contributed by atoms with E-state index in [1.165, 1.54) is 5.56 Å². The minimum absolute atomic E-state index is 0.156. The van der Waals surface area contributed by atoms with Crippen molar-refractivity contribution in [2.75, 3.05) is 11.9 Å². The summed E-state index contributed by atoms with van der Waals surface area (Å²) in [6.45, 7) is 1.17. The fourth-order valence-electron chi connectivity index (χ4n) is 2.89. The molecule has 3 aromatic rings. The highest BCUT2D eigenvalue weighted by molar-refractivity contribution is 6.33. The molecule has 0 saturated heterocycles. The van der Waals surface area contributed by atoms with E-state index in [4.69, 9.17) is 11.6 Å². The van der Waals surface area contributed by atoms with E-state index in [-0.39, 0.29) is 6.03 Å². The van der Waals surface area contributed by atoms with E-state index < -0.39 is 0 Å². The zero-order valence-electron chi connectivity index (χ0n) is 12.2. The quantitative estimate of drug-likeness (QED) is 0.720. The molecule has 0 atom stereocenters. The number of halogens is 1. The van der Waals surface area contributed by atoms with Crippen LogP contribution in [-0.4, -0.2) is 32.7 Å². The van der Waals surface area contributed by atoms with Gasteiger partial charge >= 0.3 is 6.03 Å². The van der Waals surface area contributed by atoms with Crippen molar-refractivity contribution < 1.29 is 4.79 Å². The molecule has 2 amide bonds. The first-order valence-electron chi connectivity index (χ1n) is 7.32. The first-order chi connectivity index (χ1) is 11.2. The van der Waals surface area contributed by atoms with Gasteiger partial charge in [0.2, 0.25) is 0 Å². The summed E-state index contributed by atoms with van der Waals surface area (Å²) in [4.78, 5) is 18.6. The van der Waals surface area contributed by atoms with Crippen LogP contribution in [0.3, 0.4) is 0 Å². The summed E-state index contributed by atoms with van der Waals surface area (Å²) in [5.74, 6) is 0. The molecule has 0 bridgehead atoms. The van der Waals surface area contributed by atoms with Crippen molar-refractivity contribution in [1.29, 1.82) is 0 Å². The number of anilines is 1. The molecule has 1 aromatic carbocycles. The standard InChI is InChI=1S/C16H14ClN5O/c17-13-3-1-2-4-14(13)20-16(23)22-6-5-11-10(9-22)7-18-15-12(11)8-19-21-15/h1-4,7-8H,5-6,9H2,(H,20,23)(H,18,19,21). The number of fused-ring (bicyclic) bond motifs is 3. The Bertz CT molecular complexity index is 891. The van der Waals surface area contributed by atoms with Gasteiger partial charge in [-0.2, -0.15) is 5.10 Å². The molecule has 2 N–H and O–H groups in total. The van der Waals surface area contributed by atoms with Gasteiger partial charge in [-0.15, -0.1) is 0 Å². The average Bonchev–Trinajstić information content (AvgIpc) is 3.05. The van der Waals surface area contributed by atoms with Crippen LogP contribution in [0.2, 0.25) is 5.02 Å². The molecule has 2 aromatic heterocycles. The maximum Gasteiger partial charge on any atom is 0.322 e. The molecule has 0 saturated carbocycles. The van der Waals surface area contributed by atoms with E-state index in [0.29, 0.717) is 23.8 Å². The third kappa shape index (κ3) is 2.51. The second kappa shape index (κ2) is 5.55. The topological polar surface area (TPSA) is 73.9 Å². The molecule has 0 aliphatic carbocycles. The lowest BCUT2D eigenvalue weighted by Crippen LogP contribution is -2.39. The first kappa shape index (κ1) is 14.0. The van der Waals surface area contributed by atoms with E-state index in [0.717, 1.165) is 23.0 Å². The zero-order chi connectivity index (χ0) is 15.8. The molecule has 1 aliphatic rings. The van der Waals surface area contributed by atoms with Gasteiger partial charge in [0.25, 0.3) is 0 Å². The number of nitrogens with one attached hydrogen (secondary N) is 2. The maximum absolute atomic E-state index is 12.5. The van der Waals surface area contributed by atoms with Crippen LogP contribution in [0.15, 0.2) is 36.7 Å². The summed E-state index contributed by atoms with van der Waals surface area (Å²) >= 11 is 6.09. The lowest BCUT2D eigenvalue weighted by atomic mass is 9.99. The van der Waals surface area contributed by atoms with Gasteiger partial charge in [-0.3, -0.25) is 5.10 Å². The predicted molar refractivity (Wildman–Crippen MR) is 88.5 cm³/mol. The largest absolute Gasteiger partial charge is 0.322 e. The number of carbonyl (C=O) groups is 1. The number of urea groups is 1. The number of pyridine rings is 1. The van der Waals surface area contributed by atoms with Crippen molar-refractivity contribution in [3.8, 4) is 0 Å². The van der Waals surface area contributed by atoms with Crippen molar-refractivity contribution in [3.05, 3.63) is 52.8 Å². The van der Waals surface area contributed by atoms with E-state index >= 15 is 0 Å². The number of hydrogen-bond donors (Lipinski definition) is 2. The summed E-state index contributed by atoms with van der Waals surface area (Å²) in [7, 11) is 0. The van der Waals surface area contributed by atoms with Crippen molar-refractivity contribution >= 4 is 34.4 Å². The summed E-state index contributed by atoms with van der Waals surface area (Å²) in [6, 6.07) is 7.05. The lowest BCUT2D eigenvalue weighted by Gasteiger charge is -2.29. The Hall–Kier alpha value is -2.60. The molecule has 116 valence electrons. The molecular weight excluding hydrogens is 314 g/mol. The molecule has 1 aliphatic heterocycles. The number of H-pyrrole nitrogens is 1. The minimum atomic E-state index is -0.156. The Morgan fingerprint density at radius 2 is 2.17 bits per heavy atom. The van der Waals surface area contributed by atoms with Crippen LogP contribution in [0.5, 0.6) is 0 Å². The maximum atomic E-state index is 12.5. The summed E-state index contributed by atoms with van der Waals surface area (Å²) in [5, 5.41) is 11.3. The van der Waals surface area contributed by atoms with E-state index in [1.54, 1.807) is 23.2 Å². The van der Waals surface area contributed by atoms with Gasteiger partial charge < -0.3 is 10.2 Å². The smallest absolute Gasteiger partial charge is 0.320 e. The van der Waals surface area contributed by atoms with Crippen molar-refractivity contribution in [3.63, 3.8) is 0 Å². The number of nitrogens with zero attached hydrogens (tertiary/aromatic N) is 3. The number of aromatic amines is 1. The Labute approximate surface area is 137 Å². The van der Waals surface area contributed by atoms with Crippen LogP contribution in [0.1, 0.15) is 11.1 Å². The number of benzene rings is 1. The van der Waals surface area contributed by atoms with Crippen molar-refractivity contribution in [2.45, 2.75) is 13.0 Å². The van der Waals surface area contributed by atoms with Crippen molar-refractivity contribution in [1.82, 2.24) is 20.1 Å². The number of amides is 2. The van der Waals surface area contributed by atoms with Crippen LogP contribution in [0.25, 0.3) is 11.0 Å². The Morgan fingerprint density at radius 1 is 1.30 bits per heavy atom. The molecule has 23 heavy (non-hydrogen) atoms. The van der Waals surface area contributed by atoms with Gasteiger partial charge in [-0.25, -0.2) is 9.78 Å². The second-order valence-electron chi connectivity index (χ2n) is 5.48. The number of carbonyl (C=O) groups excluding carboxylic acids is 1. The molecule has 0 radical (unpaired) electrons. The van der Waals surface area contributed by atoms with Crippen molar-refractivity contribution in [2.24, 2.45) is 0 Å². The fourth-order valence-corrected chi connectivity index (χ4v) is 3.07. The molecule has 6 nitrogen and oxygen atoms in total. The summed E-state index contributed by atoms with van der Waals surface area (Å²) < 4.78 is 0. The van der Waals surface area contributed by atoms with Gasteiger partial charge in [0.05, 0.1) is 16.9 Å². The molecule has 0 unspecified atom stereocenters. The lowest BCUT2D eigenvalue weighted by molar-refractivity contribution is 0.206.